The molecule has 3 heteroatoms. The van der Waals surface area contributed by atoms with Gasteiger partial charge in [-0.15, -0.1) is 0 Å². The molecular formula is C14H26N2O. The number of carbonyl (C=O) groups is 1. The predicted molar refractivity (Wildman–Crippen MR) is 69.5 cm³/mol. The highest BCUT2D eigenvalue weighted by Crippen LogP contribution is 2.38. The van der Waals surface area contributed by atoms with E-state index >= 15 is 0 Å². The molecule has 0 aromatic carbocycles. The van der Waals surface area contributed by atoms with Gasteiger partial charge in [-0.3, -0.25) is 4.79 Å². The predicted octanol–water partition coefficient (Wildman–Crippen LogP) is 2.20. The molecule has 1 amide bonds. The van der Waals surface area contributed by atoms with E-state index in [1.165, 1.54) is 32.1 Å². The number of nitrogens with two attached hydrogens (primary N) is 1. The molecule has 0 bridgehead atoms. The lowest BCUT2D eigenvalue weighted by atomic mass is 9.69. The van der Waals surface area contributed by atoms with Gasteiger partial charge in [-0.2, -0.15) is 0 Å². The van der Waals surface area contributed by atoms with Gasteiger partial charge in [0.2, 0.25) is 5.91 Å². The van der Waals surface area contributed by atoms with E-state index in [2.05, 4.69) is 19.2 Å². The summed E-state index contributed by atoms with van der Waals surface area (Å²) in [6, 6.07) is 0.509. The lowest BCUT2D eigenvalue weighted by Crippen LogP contribution is -2.64. The van der Waals surface area contributed by atoms with Crippen molar-refractivity contribution < 1.29 is 4.79 Å². The van der Waals surface area contributed by atoms with Crippen molar-refractivity contribution in [3.05, 3.63) is 0 Å². The fourth-order valence-electron chi connectivity index (χ4n) is 3.68. The van der Waals surface area contributed by atoms with E-state index in [0.717, 1.165) is 12.8 Å². The zero-order valence-corrected chi connectivity index (χ0v) is 11.2. The Balaban J connectivity index is 2.14. The van der Waals surface area contributed by atoms with Crippen molar-refractivity contribution in [2.24, 2.45) is 17.6 Å². The second kappa shape index (κ2) is 4.97. The van der Waals surface area contributed by atoms with Crippen LogP contribution in [0.25, 0.3) is 0 Å². The Labute approximate surface area is 105 Å². The molecule has 2 rings (SSSR count). The summed E-state index contributed by atoms with van der Waals surface area (Å²) < 4.78 is 0. The first kappa shape index (κ1) is 12.9. The molecule has 2 aliphatic carbocycles. The van der Waals surface area contributed by atoms with Crippen LogP contribution in [-0.4, -0.2) is 17.5 Å². The minimum Gasteiger partial charge on any atom is -0.368 e. The van der Waals surface area contributed by atoms with Crippen LogP contribution in [0, 0.1) is 11.8 Å². The monoisotopic (exact) mass is 238 g/mol. The fraction of sp³-hybridized carbons (Fsp3) is 0.929. The second-order valence-corrected chi connectivity index (χ2v) is 6.25. The van der Waals surface area contributed by atoms with Gasteiger partial charge in [-0.25, -0.2) is 0 Å². The lowest BCUT2D eigenvalue weighted by molar-refractivity contribution is -0.129. The highest BCUT2D eigenvalue weighted by Gasteiger charge is 2.46. The Morgan fingerprint density at radius 2 is 1.82 bits per heavy atom. The fourth-order valence-corrected chi connectivity index (χ4v) is 3.68. The van der Waals surface area contributed by atoms with E-state index in [4.69, 9.17) is 5.73 Å². The molecule has 0 aliphatic heterocycles. The molecule has 0 aromatic rings. The summed E-state index contributed by atoms with van der Waals surface area (Å²) in [6.45, 7) is 4.42. The van der Waals surface area contributed by atoms with Crippen LogP contribution in [0.1, 0.15) is 58.8 Å². The Kier molecular flexibility index (Phi) is 3.76. The topological polar surface area (TPSA) is 55.1 Å². The first-order valence-corrected chi connectivity index (χ1v) is 7.12. The molecule has 0 spiro atoms. The number of carbonyl (C=O) groups excluding carboxylic acids is 1. The highest BCUT2D eigenvalue weighted by molar-refractivity contribution is 5.85. The van der Waals surface area contributed by atoms with E-state index in [1.807, 2.05) is 0 Å². The van der Waals surface area contributed by atoms with E-state index in [-0.39, 0.29) is 5.91 Å². The first-order chi connectivity index (χ1) is 8.04. The van der Waals surface area contributed by atoms with Crippen molar-refractivity contribution in [2.75, 3.05) is 0 Å². The lowest BCUT2D eigenvalue weighted by Gasteiger charge is -2.45. The molecular weight excluding hydrogens is 212 g/mol. The molecule has 0 heterocycles. The third-order valence-corrected chi connectivity index (χ3v) is 4.86. The van der Waals surface area contributed by atoms with Crippen molar-refractivity contribution in [3.63, 3.8) is 0 Å². The Morgan fingerprint density at radius 3 is 2.41 bits per heavy atom. The van der Waals surface area contributed by atoms with Crippen LogP contribution in [0.4, 0.5) is 0 Å². The van der Waals surface area contributed by atoms with Crippen LogP contribution in [0.2, 0.25) is 0 Å². The maximum Gasteiger partial charge on any atom is 0.238 e. The molecule has 2 aliphatic rings. The minimum absolute atomic E-state index is 0.136. The van der Waals surface area contributed by atoms with Gasteiger partial charge >= 0.3 is 0 Å². The molecule has 0 radical (unpaired) electrons. The molecule has 98 valence electrons. The molecule has 0 aromatic heterocycles. The maximum absolute atomic E-state index is 12.0. The van der Waals surface area contributed by atoms with E-state index in [0.29, 0.717) is 17.9 Å². The molecule has 3 nitrogen and oxygen atoms in total. The Morgan fingerprint density at radius 1 is 1.18 bits per heavy atom. The van der Waals surface area contributed by atoms with Gasteiger partial charge in [0.05, 0.1) is 0 Å². The van der Waals surface area contributed by atoms with Crippen LogP contribution in [-0.2, 0) is 4.79 Å². The van der Waals surface area contributed by atoms with Gasteiger partial charge in [0, 0.05) is 6.04 Å². The maximum atomic E-state index is 12.0. The molecule has 2 fully saturated rings. The molecule has 3 unspecified atom stereocenters. The highest BCUT2D eigenvalue weighted by atomic mass is 16.1. The second-order valence-electron chi connectivity index (χ2n) is 6.25. The quantitative estimate of drug-likeness (QED) is 0.792. The summed E-state index contributed by atoms with van der Waals surface area (Å²) in [5.41, 5.74) is 5.29. The summed E-state index contributed by atoms with van der Waals surface area (Å²) in [5.74, 6) is 0.841. The normalized spacial score (nSPS) is 39.4. The van der Waals surface area contributed by atoms with Gasteiger partial charge in [0.1, 0.15) is 5.54 Å². The summed E-state index contributed by atoms with van der Waals surface area (Å²) >= 11 is 0. The van der Waals surface area contributed by atoms with Gasteiger partial charge in [0.15, 0.2) is 0 Å². The minimum atomic E-state index is -0.438. The number of hydrogen-bond donors (Lipinski definition) is 2. The van der Waals surface area contributed by atoms with Crippen molar-refractivity contribution >= 4 is 5.91 Å². The molecule has 3 atom stereocenters. The number of hydrogen-bond acceptors (Lipinski definition) is 2. The zero-order valence-electron chi connectivity index (χ0n) is 11.2. The standard InChI is InChI=1S/C14H26N2O/c1-10-7-8-11(2)14(9-10,13(15)17)16-12-5-3-4-6-12/h10-12,16H,3-9H2,1-2H3,(H2,15,17). The van der Waals surface area contributed by atoms with E-state index in [9.17, 15) is 4.79 Å². The van der Waals surface area contributed by atoms with E-state index < -0.39 is 5.54 Å². The van der Waals surface area contributed by atoms with Gasteiger partial charge in [-0.05, 0) is 37.5 Å². The van der Waals surface area contributed by atoms with Gasteiger partial charge in [0.25, 0.3) is 0 Å². The summed E-state index contributed by atoms with van der Waals surface area (Å²) in [5, 5.41) is 3.64. The van der Waals surface area contributed by atoms with Crippen molar-refractivity contribution in [3.8, 4) is 0 Å². The average molecular weight is 238 g/mol. The van der Waals surface area contributed by atoms with Gasteiger partial charge in [-0.1, -0.05) is 33.1 Å². The summed E-state index contributed by atoms with van der Waals surface area (Å²) in [6.07, 6.45) is 8.24. The Bertz CT molecular complexity index is 286. The van der Waals surface area contributed by atoms with Crippen molar-refractivity contribution in [2.45, 2.75) is 70.4 Å². The summed E-state index contributed by atoms with van der Waals surface area (Å²) in [4.78, 5) is 12.0. The molecule has 17 heavy (non-hydrogen) atoms. The Hall–Kier alpha value is -0.570. The third-order valence-electron chi connectivity index (χ3n) is 4.86. The van der Waals surface area contributed by atoms with Crippen LogP contribution in [0.3, 0.4) is 0 Å². The molecule has 3 N–H and O–H groups in total. The zero-order chi connectivity index (χ0) is 12.5. The average Bonchev–Trinajstić information content (AvgIpc) is 2.76. The van der Waals surface area contributed by atoms with E-state index in [1.54, 1.807) is 0 Å². The van der Waals surface area contributed by atoms with Crippen molar-refractivity contribution in [1.29, 1.82) is 0 Å². The largest absolute Gasteiger partial charge is 0.368 e. The number of rotatable bonds is 3. The van der Waals surface area contributed by atoms with Crippen LogP contribution >= 0.6 is 0 Å². The van der Waals surface area contributed by atoms with Gasteiger partial charge < -0.3 is 11.1 Å². The first-order valence-electron chi connectivity index (χ1n) is 7.12. The molecule has 0 saturated heterocycles. The number of amides is 1. The molecule has 2 saturated carbocycles. The SMILES string of the molecule is CC1CCC(C)C(NC2CCCC2)(C(N)=O)C1. The number of nitrogens with one attached hydrogen (secondary N) is 1. The third kappa shape index (κ3) is 2.49. The van der Waals surface area contributed by atoms with Crippen molar-refractivity contribution in [1.82, 2.24) is 5.32 Å². The number of primary amides is 1. The summed E-state index contributed by atoms with van der Waals surface area (Å²) in [7, 11) is 0. The van der Waals surface area contributed by atoms with Crippen LogP contribution in [0.15, 0.2) is 0 Å². The smallest absolute Gasteiger partial charge is 0.238 e. The van der Waals surface area contributed by atoms with Crippen LogP contribution < -0.4 is 11.1 Å². The van der Waals surface area contributed by atoms with Crippen LogP contribution in [0.5, 0.6) is 0 Å².